The highest BCUT2D eigenvalue weighted by atomic mass is 16.5. The molecule has 0 unspecified atom stereocenters. The maximum atomic E-state index is 13.4. The van der Waals surface area contributed by atoms with Gasteiger partial charge in [-0.05, 0) is 29.6 Å². The van der Waals surface area contributed by atoms with Crippen LogP contribution in [0.15, 0.2) is 42.3 Å². The predicted octanol–water partition coefficient (Wildman–Crippen LogP) is 1.89. The van der Waals surface area contributed by atoms with E-state index >= 15 is 0 Å². The third-order valence-corrected chi connectivity index (χ3v) is 5.84. The van der Waals surface area contributed by atoms with Crippen LogP contribution in [0.25, 0.3) is 0 Å². The molecule has 2 saturated heterocycles. The number of amides is 3. The Kier molecular flexibility index (Phi) is 3.99. The van der Waals surface area contributed by atoms with Gasteiger partial charge in [0.05, 0.1) is 24.2 Å². The van der Waals surface area contributed by atoms with Gasteiger partial charge < -0.3 is 15.0 Å². The van der Waals surface area contributed by atoms with Crippen LogP contribution < -0.4 is 10.6 Å². The number of hydrogen-bond acceptors (Lipinski definition) is 6. The Bertz CT molecular complexity index is 1450. The summed E-state index contributed by atoms with van der Waals surface area (Å²) in [5.41, 5.74) is 0.0957. The summed E-state index contributed by atoms with van der Waals surface area (Å²) in [6.45, 7) is 1.86. The third-order valence-electron chi connectivity index (χ3n) is 5.84. The molecule has 2 aromatic rings. The summed E-state index contributed by atoms with van der Waals surface area (Å²) in [6, 6.07) is -4.56. The van der Waals surface area contributed by atoms with Crippen LogP contribution in [0.2, 0.25) is 0 Å². The number of carbonyl (C=O) groups excluding carboxylic acids is 3. The van der Waals surface area contributed by atoms with Crippen molar-refractivity contribution in [3.8, 4) is 0 Å². The molecule has 3 aliphatic rings. The summed E-state index contributed by atoms with van der Waals surface area (Å²) in [5.74, 6) is -2.39. The lowest BCUT2D eigenvalue weighted by Crippen LogP contribution is -2.52. The number of morpholine rings is 1. The van der Waals surface area contributed by atoms with Crippen LogP contribution in [0.3, 0.4) is 0 Å². The van der Waals surface area contributed by atoms with Crippen molar-refractivity contribution < 1.29 is 30.1 Å². The summed E-state index contributed by atoms with van der Waals surface area (Å²) in [5, 5.41) is 4.95. The van der Waals surface area contributed by atoms with Crippen molar-refractivity contribution in [3.63, 3.8) is 0 Å². The van der Waals surface area contributed by atoms with Gasteiger partial charge in [0.1, 0.15) is 6.02 Å². The van der Waals surface area contributed by atoms with E-state index in [0.29, 0.717) is 26.3 Å². The van der Waals surface area contributed by atoms with Crippen molar-refractivity contribution in [2.75, 3.05) is 31.6 Å². The second-order valence-electron chi connectivity index (χ2n) is 8.02. The number of rotatable bonds is 6. The van der Waals surface area contributed by atoms with E-state index in [9.17, 15) is 14.4 Å². The molecule has 172 valence electrons. The molecule has 3 aliphatic heterocycles. The molecule has 5 rings (SSSR count). The molecule has 8 heteroatoms. The first kappa shape index (κ1) is 14.1. The summed E-state index contributed by atoms with van der Waals surface area (Å²) in [4.78, 5) is 40.5. The number of imide groups is 1. The SMILES string of the molecule is [2H]c1c([2H])c(NCc2c([2H])c([2H])c(CN3CCOCC3)c([2H])c2[2H])c2c(c1[2H])C(=O)N([C@]1([2H])CCC(=O)NC1=O)C2. The van der Waals surface area contributed by atoms with Gasteiger partial charge in [-0.1, -0.05) is 30.2 Å². The number of benzene rings is 2. The highest BCUT2D eigenvalue weighted by Gasteiger charge is 2.39. The molecular weight excluding hydrogens is 420 g/mol. The third kappa shape index (κ3) is 4.62. The molecule has 2 aromatic carbocycles. The zero-order valence-corrected chi connectivity index (χ0v) is 17.9. The van der Waals surface area contributed by atoms with Gasteiger partial charge in [0.2, 0.25) is 11.8 Å². The molecule has 3 amide bonds. The minimum absolute atomic E-state index is 0.0173. The van der Waals surface area contributed by atoms with E-state index in [1.807, 2.05) is 4.90 Å². The molecule has 0 saturated carbocycles. The number of piperidine rings is 1. The zero-order chi connectivity index (χ0) is 29.8. The van der Waals surface area contributed by atoms with Crippen molar-refractivity contribution >= 4 is 23.4 Å². The molecule has 0 aliphatic carbocycles. The number of fused-ring (bicyclic) bond motifs is 1. The number of hydrogen-bond donors (Lipinski definition) is 2. The summed E-state index contributed by atoms with van der Waals surface area (Å²) >= 11 is 0. The molecule has 2 N–H and O–H groups in total. The Morgan fingerprint density at radius 2 is 1.85 bits per heavy atom. The Balaban J connectivity index is 1.47. The fourth-order valence-corrected chi connectivity index (χ4v) is 4.06. The van der Waals surface area contributed by atoms with Crippen molar-refractivity contribution in [2.45, 2.75) is 38.5 Å². The van der Waals surface area contributed by atoms with Crippen LogP contribution in [0, 0.1) is 0 Å². The van der Waals surface area contributed by atoms with Crippen molar-refractivity contribution in [2.24, 2.45) is 0 Å². The van der Waals surface area contributed by atoms with Gasteiger partial charge in [0.15, 0.2) is 0 Å². The van der Waals surface area contributed by atoms with E-state index in [2.05, 4.69) is 10.6 Å². The molecule has 0 bridgehead atoms. The van der Waals surface area contributed by atoms with Gasteiger partial charge in [0.25, 0.3) is 5.91 Å². The van der Waals surface area contributed by atoms with Crippen LogP contribution in [0.1, 0.15) is 50.9 Å². The van der Waals surface area contributed by atoms with Gasteiger partial charge in [-0.3, -0.25) is 24.6 Å². The lowest BCUT2D eigenvalue weighted by molar-refractivity contribution is -0.136. The first-order chi connectivity index (χ1) is 19.4. The van der Waals surface area contributed by atoms with Gasteiger partial charge in [0, 0.05) is 56.0 Å². The number of ether oxygens (including phenoxy) is 1. The molecule has 3 heterocycles. The lowest BCUT2D eigenvalue weighted by Gasteiger charge is -2.29. The van der Waals surface area contributed by atoms with Crippen LogP contribution >= 0.6 is 0 Å². The summed E-state index contributed by atoms with van der Waals surface area (Å²) in [7, 11) is 0. The lowest BCUT2D eigenvalue weighted by atomic mass is 10.0. The Labute approximate surface area is 204 Å². The fourth-order valence-electron chi connectivity index (χ4n) is 4.06. The zero-order valence-electron chi connectivity index (χ0n) is 25.9. The quantitative estimate of drug-likeness (QED) is 0.645. The molecule has 1 atom stereocenters. The van der Waals surface area contributed by atoms with Crippen LogP contribution in [-0.4, -0.2) is 59.8 Å². The van der Waals surface area contributed by atoms with Gasteiger partial charge in [-0.25, -0.2) is 0 Å². The van der Waals surface area contributed by atoms with E-state index < -0.39 is 41.9 Å². The minimum atomic E-state index is -2.13. The van der Waals surface area contributed by atoms with Gasteiger partial charge in [-0.2, -0.15) is 0 Å². The average Bonchev–Trinajstić information content (AvgIpc) is 3.30. The molecule has 0 aromatic heterocycles. The van der Waals surface area contributed by atoms with Crippen molar-refractivity contribution in [1.82, 2.24) is 15.1 Å². The first-order valence-electron chi connectivity index (χ1n) is 14.8. The highest BCUT2D eigenvalue weighted by Crippen LogP contribution is 2.32. The van der Waals surface area contributed by atoms with Gasteiger partial charge >= 0.3 is 0 Å². The Hall–Kier alpha value is -3.23. The molecular formula is C25H28N4O4. The van der Waals surface area contributed by atoms with Gasteiger partial charge in [-0.15, -0.1) is 0 Å². The topological polar surface area (TPSA) is 91.0 Å². The maximum Gasteiger partial charge on any atom is 0.255 e. The van der Waals surface area contributed by atoms with E-state index in [1.165, 1.54) is 0 Å². The minimum Gasteiger partial charge on any atom is -0.381 e. The van der Waals surface area contributed by atoms with E-state index in [-0.39, 0.29) is 84.6 Å². The standard InChI is InChI=1S/C25H28N4O4/c30-23-9-8-22(24(31)27-23)29-16-20-19(25(29)32)2-1-3-21(20)26-14-17-4-6-18(7-5-17)15-28-10-12-33-13-11-28/h1-7,22,26H,8-16H2,(H,27,30,31)/t22-/m1/s1/i1D,2D,3D,4D,5D,6D,7D,22D. The largest absolute Gasteiger partial charge is 0.381 e. The van der Waals surface area contributed by atoms with Crippen LogP contribution in [0.5, 0.6) is 0 Å². The normalized spacial score (nSPS) is 26.8. The van der Waals surface area contributed by atoms with E-state index in [1.54, 1.807) is 0 Å². The fraction of sp³-hybridized carbons (Fsp3) is 0.400. The van der Waals surface area contributed by atoms with E-state index in [0.717, 1.165) is 4.90 Å². The monoisotopic (exact) mass is 456 g/mol. The highest BCUT2D eigenvalue weighted by molar-refractivity contribution is 6.06. The molecule has 0 spiro atoms. The Morgan fingerprint density at radius 1 is 1.09 bits per heavy atom. The van der Waals surface area contributed by atoms with Crippen molar-refractivity contribution in [3.05, 3.63) is 64.6 Å². The molecule has 0 radical (unpaired) electrons. The van der Waals surface area contributed by atoms with Crippen LogP contribution in [-0.2, 0) is 34.0 Å². The average molecular weight is 457 g/mol. The second-order valence-corrected chi connectivity index (χ2v) is 8.02. The smallest absolute Gasteiger partial charge is 0.255 e. The predicted molar refractivity (Wildman–Crippen MR) is 122 cm³/mol. The maximum absolute atomic E-state index is 13.4. The molecule has 33 heavy (non-hydrogen) atoms. The van der Waals surface area contributed by atoms with E-state index in [4.69, 9.17) is 15.7 Å². The molecule has 2 fully saturated rings. The van der Waals surface area contributed by atoms with Crippen LogP contribution in [0.4, 0.5) is 5.69 Å². The number of nitrogens with one attached hydrogen (secondary N) is 2. The summed E-state index contributed by atoms with van der Waals surface area (Å²) in [6.07, 6.45) is -0.415. The van der Waals surface area contributed by atoms with Crippen molar-refractivity contribution in [1.29, 1.82) is 0 Å². The first-order valence-corrected chi connectivity index (χ1v) is 10.8. The number of nitrogens with zero attached hydrogens (tertiary/aromatic N) is 2. The Morgan fingerprint density at radius 3 is 2.61 bits per heavy atom. The number of anilines is 1. The molecule has 8 nitrogen and oxygen atoms in total. The second kappa shape index (κ2) is 9.33. The number of carbonyl (C=O) groups is 3. The summed E-state index contributed by atoms with van der Waals surface area (Å²) < 4.78 is 73.2.